The number of hydrogen-bond acceptors (Lipinski definition) is 4. The van der Waals surface area contributed by atoms with Crippen LogP contribution in [0, 0.1) is 0 Å². The summed E-state index contributed by atoms with van der Waals surface area (Å²) in [5.74, 6) is 0.511. The van der Waals surface area contributed by atoms with Crippen LogP contribution in [-0.4, -0.2) is 16.0 Å². The molecule has 2 rings (SSSR count). The number of alkyl halides is 1. The largest absolute Gasteiger partial charge is 0.448 e. The summed E-state index contributed by atoms with van der Waals surface area (Å²) in [5, 5.41) is 7.78. The lowest BCUT2D eigenvalue weighted by Gasteiger charge is -2.17. The fraction of sp³-hybridized carbons (Fsp3) is 0.455. The van der Waals surface area contributed by atoms with Crippen LogP contribution in [0.2, 0.25) is 0 Å². The van der Waals surface area contributed by atoms with E-state index in [2.05, 4.69) is 0 Å². The van der Waals surface area contributed by atoms with E-state index in [4.69, 9.17) is 10.5 Å². The van der Waals surface area contributed by atoms with Gasteiger partial charge in [0, 0.05) is 13.3 Å². The highest BCUT2D eigenvalue weighted by Crippen LogP contribution is 2.48. The van der Waals surface area contributed by atoms with Crippen molar-refractivity contribution in [2.45, 2.75) is 36.1 Å². The van der Waals surface area contributed by atoms with Crippen molar-refractivity contribution in [2.75, 3.05) is 0 Å². The van der Waals surface area contributed by atoms with Gasteiger partial charge in [-0.25, -0.2) is 0 Å². The third kappa shape index (κ3) is 2.66. The monoisotopic (exact) mass is 243 g/mol. The Kier molecular flexibility index (Phi) is 2.64. The van der Waals surface area contributed by atoms with Crippen LogP contribution in [0.3, 0.4) is 0 Å². The number of rotatable bonds is 2. The minimum atomic E-state index is -1.70. The number of nitrogens with two attached hydrogens (primary N) is 1. The van der Waals surface area contributed by atoms with Gasteiger partial charge in [-0.3, -0.25) is 0 Å². The predicted molar refractivity (Wildman–Crippen MR) is 61.0 cm³/mol. The van der Waals surface area contributed by atoms with Gasteiger partial charge in [0.05, 0.1) is 4.90 Å². The highest BCUT2D eigenvalue weighted by molar-refractivity contribution is 8.00. The van der Waals surface area contributed by atoms with Gasteiger partial charge in [-0.1, -0.05) is 6.07 Å². The van der Waals surface area contributed by atoms with Crippen molar-refractivity contribution in [3.05, 3.63) is 23.8 Å². The highest BCUT2D eigenvalue weighted by atomic mass is 32.2. The van der Waals surface area contributed by atoms with Crippen LogP contribution < -0.4 is 10.5 Å². The summed E-state index contributed by atoms with van der Waals surface area (Å²) in [7, 11) is 0. The topological polar surface area (TPSA) is 55.5 Å². The second kappa shape index (κ2) is 3.61. The van der Waals surface area contributed by atoms with Crippen molar-refractivity contribution in [1.29, 1.82) is 0 Å². The Bertz CT molecular complexity index is 415. The van der Waals surface area contributed by atoms with Crippen molar-refractivity contribution < 1.29 is 14.2 Å². The van der Waals surface area contributed by atoms with Crippen LogP contribution in [0.15, 0.2) is 23.1 Å². The molecule has 2 unspecified atom stereocenters. The molecule has 88 valence electrons. The molecule has 0 aliphatic carbocycles. The normalized spacial score (nSPS) is 27.1. The molecule has 1 aromatic carbocycles. The van der Waals surface area contributed by atoms with Crippen molar-refractivity contribution in [2.24, 2.45) is 5.73 Å². The first-order valence-electron chi connectivity index (χ1n) is 4.96. The number of thioether (sulfide) groups is 1. The molecular formula is C11H14FNO2S. The molecule has 16 heavy (non-hydrogen) atoms. The Balaban J connectivity index is 2.23. The maximum atomic E-state index is 13.5. The van der Waals surface area contributed by atoms with Crippen molar-refractivity contribution in [3.63, 3.8) is 0 Å². The molecule has 1 aliphatic heterocycles. The summed E-state index contributed by atoms with van der Waals surface area (Å²) in [5.41, 5.74) is 5.06. The number of ether oxygens (including phenoxy) is 1. The first kappa shape index (κ1) is 11.7. The highest BCUT2D eigenvalue weighted by Gasteiger charge is 2.35. The molecule has 0 fully saturated rings. The van der Waals surface area contributed by atoms with E-state index in [1.807, 2.05) is 6.07 Å². The molecule has 0 saturated carbocycles. The summed E-state index contributed by atoms with van der Waals surface area (Å²) >= 11 is 1.04. The Labute approximate surface area is 97.8 Å². The Morgan fingerprint density at radius 3 is 2.94 bits per heavy atom. The molecule has 0 aromatic heterocycles. The number of fused-ring (bicyclic) bond motifs is 1. The average molecular weight is 243 g/mol. The average Bonchev–Trinajstić information content (AvgIpc) is 2.34. The third-order valence-electron chi connectivity index (χ3n) is 2.15. The van der Waals surface area contributed by atoms with Gasteiger partial charge in [-0.15, -0.1) is 0 Å². The van der Waals surface area contributed by atoms with E-state index in [0.29, 0.717) is 12.2 Å². The molecule has 5 heteroatoms. The van der Waals surface area contributed by atoms with Crippen LogP contribution in [0.25, 0.3) is 0 Å². The molecular weight excluding hydrogens is 229 g/mol. The quantitative estimate of drug-likeness (QED) is 0.780. The second-order valence-corrected chi connectivity index (χ2v) is 5.73. The zero-order valence-electron chi connectivity index (χ0n) is 9.16. The fourth-order valence-corrected chi connectivity index (χ4v) is 2.51. The van der Waals surface area contributed by atoms with Gasteiger partial charge in [0.25, 0.3) is 5.19 Å². The van der Waals surface area contributed by atoms with E-state index in [1.54, 1.807) is 12.1 Å². The molecule has 0 radical (unpaired) electrons. The van der Waals surface area contributed by atoms with E-state index >= 15 is 0 Å². The zero-order chi connectivity index (χ0) is 12.0. The Morgan fingerprint density at radius 1 is 1.62 bits per heavy atom. The maximum Gasteiger partial charge on any atom is 0.298 e. The SMILES string of the molecule is CC(N)(O)Cc1ccc2c(c1)OC(C)(F)S2. The number of halogens is 1. The number of aliphatic hydroxyl groups is 1. The Hall–Kier alpha value is -0.780. The first-order valence-corrected chi connectivity index (χ1v) is 5.78. The van der Waals surface area contributed by atoms with Crippen LogP contribution in [0.1, 0.15) is 19.4 Å². The van der Waals surface area contributed by atoms with E-state index in [9.17, 15) is 9.50 Å². The lowest BCUT2D eigenvalue weighted by atomic mass is 10.0. The maximum absolute atomic E-state index is 13.5. The van der Waals surface area contributed by atoms with E-state index < -0.39 is 10.9 Å². The fourth-order valence-electron chi connectivity index (χ4n) is 1.65. The number of hydrogen-bond donors (Lipinski definition) is 2. The van der Waals surface area contributed by atoms with E-state index in [1.165, 1.54) is 13.8 Å². The predicted octanol–water partition coefficient (Wildman–Crippen LogP) is 2.02. The minimum absolute atomic E-state index is 0.303. The lowest BCUT2D eigenvalue weighted by molar-refractivity contribution is 0.0547. The lowest BCUT2D eigenvalue weighted by Crippen LogP contribution is -2.37. The minimum Gasteiger partial charge on any atom is -0.448 e. The summed E-state index contributed by atoms with van der Waals surface area (Å²) in [6.45, 7) is 2.89. The Morgan fingerprint density at radius 2 is 2.31 bits per heavy atom. The summed E-state index contributed by atoms with van der Waals surface area (Å²) in [6.07, 6.45) is 0.303. The van der Waals surface area contributed by atoms with Gasteiger partial charge in [0.1, 0.15) is 11.5 Å². The molecule has 2 atom stereocenters. The summed E-state index contributed by atoms with van der Waals surface area (Å²) in [6, 6.07) is 5.32. The second-order valence-electron chi connectivity index (χ2n) is 4.35. The van der Waals surface area contributed by atoms with Crippen molar-refractivity contribution >= 4 is 11.8 Å². The molecule has 0 amide bonds. The van der Waals surface area contributed by atoms with Gasteiger partial charge >= 0.3 is 0 Å². The van der Waals surface area contributed by atoms with Gasteiger partial charge in [-0.2, -0.15) is 4.39 Å². The molecule has 3 nitrogen and oxygen atoms in total. The molecule has 1 aliphatic rings. The van der Waals surface area contributed by atoms with E-state index in [0.717, 1.165) is 22.2 Å². The molecule has 1 heterocycles. The summed E-state index contributed by atoms with van der Waals surface area (Å²) in [4.78, 5) is 0.769. The zero-order valence-corrected chi connectivity index (χ0v) is 9.97. The summed E-state index contributed by atoms with van der Waals surface area (Å²) < 4.78 is 18.7. The van der Waals surface area contributed by atoms with Gasteiger partial charge < -0.3 is 15.6 Å². The molecule has 1 aromatic rings. The number of benzene rings is 1. The molecule has 3 N–H and O–H groups in total. The van der Waals surface area contributed by atoms with E-state index in [-0.39, 0.29) is 0 Å². The first-order chi connectivity index (χ1) is 7.25. The smallest absolute Gasteiger partial charge is 0.298 e. The standard InChI is InChI=1S/C11H14FNO2S/c1-10(13,14)6-7-3-4-9-8(5-7)15-11(2,12)16-9/h3-5,14H,6,13H2,1-2H3. The van der Waals surface area contributed by atoms with Crippen LogP contribution >= 0.6 is 11.8 Å². The van der Waals surface area contributed by atoms with Gasteiger partial charge in [-0.05, 0) is 36.4 Å². The molecule has 0 saturated heterocycles. The van der Waals surface area contributed by atoms with Gasteiger partial charge in [0.15, 0.2) is 0 Å². The van der Waals surface area contributed by atoms with Crippen LogP contribution in [-0.2, 0) is 6.42 Å². The molecule has 0 bridgehead atoms. The third-order valence-corrected chi connectivity index (χ3v) is 3.16. The van der Waals surface area contributed by atoms with Crippen LogP contribution in [0.5, 0.6) is 5.75 Å². The van der Waals surface area contributed by atoms with Crippen LogP contribution in [0.4, 0.5) is 4.39 Å². The molecule has 0 spiro atoms. The van der Waals surface area contributed by atoms with Crippen molar-refractivity contribution in [1.82, 2.24) is 0 Å². The van der Waals surface area contributed by atoms with Gasteiger partial charge in [0.2, 0.25) is 0 Å². The van der Waals surface area contributed by atoms with Crippen molar-refractivity contribution in [3.8, 4) is 5.75 Å².